The van der Waals surface area contributed by atoms with E-state index in [0.717, 1.165) is 63.6 Å². The Morgan fingerprint density at radius 2 is 1.76 bits per heavy atom. The first-order chi connectivity index (χ1) is 18.1. The Morgan fingerprint density at radius 3 is 2.43 bits per heavy atom. The molecule has 1 aromatic carbocycles. The molecule has 0 spiro atoms. The molecule has 0 bridgehead atoms. The fraction of sp³-hybridized carbons (Fsp3) is 0.536. The lowest BCUT2D eigenvalue weighted by Gasteiger charge is -2.27. The van der Waals surface area contributed by atoms with E-state index in [2.05, 4.69) is 73.2 Å². The molecule has 0 amide bonds. The lowest BCUT2D eigenvalue weighted by Crippen LogP contribution is -2.33. The Hall–Kier alpha value is -3.01. The zero-order valence-electron chi connectivity index (χ0n) is 22.6. The maximum Gasteiger partial charge on any atom is 0.320 e. The molecule has 0 saturated heterocycles. The molecule has 37 heavy (non-hydrogen) atoms. The number of nitrogens with zero attached hydrogens (tertiary/aromatic N) is 4. The van der Waals surface area contributed by atoms with Gasteiger partial charge in [-0.2, -0.15) is 0 Å². The van der Waals surface area contributed by atoms with Gasteiger partial charge in [0.25, 0.3) is 0 Å². The van der Waals surface area contributed by atoms with Crippen molar-refractivity contribution in [1.29, 1.82) is 0 Å². The van der Waals surface area contributed by atoms with E-state index >= 15 is 0 Å². The van der Waals surface area contributed by atoms with E-state index in [1.165, 1.54) is 11.1 Å². The quantitative estimate of drug-likeness (QED) is 0.176. The van der Waals surface area contributed by atoms with E-state index in [1.54, 1.807) is 12.4 Å². The fourth-order valence-corrected chi connectivity index (χ4v) is 4.38. The summed E-state index contributed by atoms with van der Waals surface area (Å²) >= 11 is 0. The van der Waals surface area contributed by atoms with Gasteiger partial charge in [0.15, 0.2) is 0 Å². The number of ether oxygens (including phenoxy) is 1. The normalized spacial score (nSPS) is 12.4. The Balaban J connectivity index is 1.41. The van der Waals surface area contributed by atoms with Gasteiger partial charge in [0.2, 0.25) is 0 Å². The standard InChI is InChI=1S/C28H43N7O2/c1-4-17-34(22-27(36)37-5-2)18-7-6-12-29-19-24-8-10-25(11-9-24)20-35(21-26-30-13-14-31-26)23(3)28-32-15-16-33-28/h8-11,13-16,23,29H,4-7,12,17-22H2,1-3H3,(H,30,31)(H,32,33). The highest BCUT2D eigenvalue weighted by atomic mass is 16.5. The molecule has 9 nitrogen and oxygen atoms in total. The van der Waals surface area contributed by atoms with Crippen molar-refractivity contribution in [3.05, 3.63) is 71.8 Å². The number of esters is 1. The highest BCUT2D eigenvalue weighted by molar-refractivity contribution is 5.71. The molecule has 1 atom stereocenters. The number of H-pyrrole nitrogens is 2. The van der Waals surface area contributed by atoms with Crippen LogP contribution in [-0.2, 0) is 29.2 Å². The predicted octanol–water partition coefficient (Wildman–Crippen LogP) is 4.04. The number of rotatable bonds is 18. The lowest BCUT2D eigenvalue weighted by atomic mass is 10.1. The molecule has 3 N–H and O–H groups in total. The molecule has 0 fully saturated rings. The van der Waals surface area contributed by atoms with Crippen LogP contribution in [-0.4, -0.2) is 68.5 Å². The topological polar surface area (TPSA) is 102 Å². The summed E-state index contributed by atoms with van der Waals surface area (Å²) in [6, 6.07) is 8.95. The van der Waals surface area contributed by atoms with Crippen LogP contribution >= 0.6 is 0 Å². The van der Waals surface area contributed by atoms with E-state index in [4.69, 9.17) is 4.74 Å². The first-order valence-corrected chi connectivity index (χ1v) is 13.5. The SMILES string of the molecule is CCCN(CCCCNCc1ccc(CN(Cc2ncc[nH]2)C(C)c2ncc[nH]2)cc1)CC(=O)OCC. The number of hydrogen-bond acceptors (Lipinski definition) is 7. The Morgan fingerprint density at radius 1 is 1.00 bits per heavy atom. The van der Waals surface area contributed by atoms with E-state index in [1.807, 2.05) is 19.3 Å². The molecule has 2 aromatic heterocycles. The van der Waals surface area contributed by atoms with Crippen molar-refractivity contribution < 1.29 is 9.53 Å². The number of aromatic amines is 2. The van der Waals surface area contributed by atoms with Crippen molar-refractivity contribution in [2.45, 2.75) is 65.7 Å². The number of aromatic nitrogens is 4. The number of nitrogens with one attached hydrogen (secondary N) is 3. The number of unbranched alkanes of at least 4 members (excludes halogenated alkanes) is 1. The van der Waals surface area contributed by atoms with Crippen LogP contribution in [0.15, 0.2) is 49.1 Å². The molecule has 202 valence electrons. The number of imidazole rings is 2. The second kappa shape index (κ2) is 16.0. The molecule has 3 rings (SSSR count). The van der Waals surface area contributed by atoms with Crippen LogP contribution in [0, 0.1) is 0 Å². The number of hydrogen-bond donors (Lipinski definition) is 3. The van der Waals surface area contributed by atoms with Gasteiger partial charge in [-0.05, 0) is 63.9 Å². The molecule has 9 heteroatoms. The maximum atomic E-state index is 11.8. The van der Waals surface area contributed by atoms with Crippen molar-refractivity contribution in [3.63, 3.8) is 0 Å². The van der Waals surface area contributed by atoms with Crippen LogP contribution in [0.2, 0.25) is 0 Å². The largest absolute Gasteiger partial charge is 0.465 e. The molecule has 0 aliphatic carbocycles. The minimum absolute atomic E-state index is 0.128. The fourth-order valence-electron chi connectivity index (χ4n) is 4.38. The first-order valence-electron chi connectivity index (χ1n) is 13.5. The van der Waals surface area contributed by atoms with Crippen molar-refractivity contribution >= 4 is 5.97 Å². The maximum absolute atomic E-state index is 11.8. The zero-order valence-corrected chi connectivity index (χ0v) is 22.6. The van der Waals surface area contributed by atoms with Crippen LogP contribution in [0.4, 0.5) is 0 Å². The average molecular weight is 510 g/mol. The monoisotopic (exact) mass is 509 g/mol. The van der Waals surface area contributed by atoms with Gasteiger partial charge in [-0.15, -0.1) is 0 Å². The third-order valence-corrected chi connectivity index (χ3v) is 6.38. The summed E-state index contributed by atoms with van der Waals surface area (Å²) in [5.41, 5.74) is 2.53. The smallest absolute Gasteiger partial charge is 0.320 e. The lowest BCUT2D eigenvalue weighted by molar-refractivity contribution is -0.144. The summed E-state index contributed by atoms with van der Waals surface area (Å²) < 4.78 is 5.09. The van der Waals surface area contributed by atoms with Gasteiger partial charge in [0, 0.05) is 37.9 Å². The summed E-state index contributed by atoms with van der Waals surface area (Å²) in [5, 5.41) is 3.55. The van der Waals surface area contributed by atoms with Crippen LogP contribution in [0.5, 0.6) is 0 Å². The summed E-state index contributed by atoms with van der Waals surface area (Å²) in [7, 11) is 0. The van der Waals surface area contributed by atoms with Crippen molar-refractivity contribution in [3.8, 4) is 0 Å². The van der Waals surface area contributed by atoms with Crippen LogP contribution in [0.25, 0.3) is 0 Å². The molecule has 0 radical (unpaired) electrons. The molecule has 0 saturated carbocycles. The zero-order chi connectivity index (χ0) is 26.3. The van der Waals surface area contributed by atoms with E-state index in [9.17, 15) is 4.79 Å². The van der Waals surface area contributed by atoms with Crippen molar-refractivity contribution in [2.24, 2.45) is 0 Å². The third-order valence-electron chi connectivity index (χ3n) is 6.38. The molecular weight excluding hydrogens is 466 g/mol. The summed E-state index contributed by atoms with van der Waals surface area (Å²) in [6.45, 7) is 12.2. The summed E-state index contributed by atoms with van der Waals surface area (Å²) in [6.07, 6.45) is 10.5. The number of benzene rings is 1. The van der Waals surface area contributed by atoms with Crippen LogP contribution in [0.1, 0.15) is 68.9 Å². The minimum atomic E-state index is -0.128. The molecule has 3 aromatic rings. The van der Waals surface area contributed by atoms with E-state index in [0.29, 0.717) is 19.7 Å². The first kappa shape index (κ1) is 28.6. The van der Waals surface area contributed by atoms with Crippen LogP contribution < -0.4 is 5.32 Å². The van der Waals surface area contributed by atoms with Gasteiger partial charge in [0.1, 0.15) is 11.6 Å². The second-order valence-corrected chi connectivity index (χ2v) is 9.37. The predicted molar refractivity (Wildman–Crippen MR) is 146 cm³/mol. The Kier molecular flexibility index (Phi) is 12.3. The van der Waals surface area contributed by atoms with Gasteiger partial charge >= 0.3 is 5.97 Å². The highest BCUT2D eigenvalue weighted by Crippen LogP contribution is 2.21. The molecule has 2 heterocycles. The van der Waals surface area contributed by atoms with Gasteiger partial charge in [-0.1, -0.05) is 31.2 Å². The number of carbonyl (C=O) groups excluding carboxylic acids is 1. The highest BCUT2D eigenvalue weighted by Gasteiger charge is 2.19. The minimum Gasteiger partial charge on any atom is -0.465 e. The molecule has 0 aliphatic heterocycles. The molecular formula is C28H43N7O2. The molecule has 1 unspecified atom stereocenters. The Labute approximate surface area is 221 Å². The average Bonchev–Trinajstić information content (AvgIpc) is 3.61. The number of carbonyl (C=O) groups is 1. The van der Waals surface area contributed by atoms with Gasteiger partial charge in [-0.25, -0.2) is 9.97 Å². The Bertz CT molecular complexity index is 990. The van der Waals surface area contributed by atoms with Crippen molar-refractivity contribution in [1.82, 2.24) is 35.1 Å². The van der Waals surface area contributed by atoms with Gasteiger partial charge in [0.05, 0.1) is 25.7 Å². The second-order valence-electron chi connectivity index (χ2n) is 9.37. The van der Waals surface area contributed by atoms with Crippen LogP contribution in [0.3, 0.4) is 0 Å². The van der Waals surface area contributed by atoms with Gasteiger partial charge in [-0.3, -0.25) is 14.6 Å². The van der Waals surface area contributed by atoms with Crippen molar-refractivity contribution in [2.75, 3.05) is 32.8 Å². The van der Waals surface area contributed by atoms with E-state index < -0.39 is 0 Å². The third kappa shape index (κ3) is 10.1. The van der Waals surface area contributed by atoms with E-state index in [-0.39, 0.29) is 12.0 Å². The van der Waals surface area contributed by atoms with Gasteiger partial charge < -0.3 is 20.0 Å². The molecule has 0 aliphatic rings. The summed E-state index contributed by atoms with van der Waals surface area (Å²) in [5.74, 6) is 1.76. The summed E-state index contributed by atoms with van der Waals surface area (Å²) in [4.78, 5) is 31.6.